The van der Waals surface area contributed by atoms with Crippen molar-refractivity contribution in [3.05, 3.63) is 12.2 Å². The van der Waals surface area contributed by atoms with Crippen LogP contribution in [-0.2, 0) is 4.79 Å². The largest absolute Gasteiger partial charge is 0.338 e. The molecule has 0 aromatic heterocycles. The van der Waals surface area contributed by atoms with Crippen molar-refractivity contribution in [1.29, 1.82) is 0 Å². The van der Waals surface area contributed by atoms with Gasteiger partial charge in [0, 0.05) is 31.6 Å². The second-order valence-corrected chi connectivity index (χ2v) is 6.19. The molecular weight excluding hydrogens is 212 g/mol. The van der Waals surface area contributed by atoms with Crippen molar-refractivity contribution < 1.29 is 4.79 Å². The molecule has 0 radical (unpaired) electrons. The summed E-state index contributed by atoms with van der Waals surface area (Å²) in [6.07, 6.45) is 8.16. The van der Waals surface area contributed by atoms with Gasteiger partial charge in [-0.3, -0.25) is 4.79 Å². The Morgan fingerprint density at radius 2 is 2.18 bits per heavy atom. The predicted octanol–water partition coefficient (Wildman–Crippen LogP) is 1.02. The SMILES string of the molecule is O=C(C1CC2C=CC1C2)N1CC[C@H]2CNC[C@H]21. The Hall–Kier alpha value is -0.830. The third-order valence-electron chi connectivity index (χ3n) is 5.32. The molecule has 3 unspecified atom stereocenters. The average molecular weight is 232 g/mol. The van der Waals surface area contributed by atoms with Crippen LogP contribution >= 0.6 is 0 Å². The second kappa shape index (κ2) is 3.58. The number of hydrogen-bond acceptors (Lipinski definition) is 2. The number of hydrogen-bond donors (Lipinski definition) is 1. The highest BCUT2D eigenvalue weighted by Gasteiger charge is 2.46. The lowest BCUT2D eigenvalue weighted by Gasteiger charge is -2.29. The first-order chi connectivity index (χ1) is 8.33. The quantitative estimate of drug-likeness (QED) is 0.685. The predicted molar refractivity (Wildman–Crippen MR) is 65.3 cm³/mol. The highest BCUT2D eigenvalue weighted by atomic mass is 16.2. The Kier molecular flexibility index (Phi) is 2.13. The summed E-state index contributed by atoms with van der Waals surface area (Å²) < 4.78 is 0. The monoisotopic (exact) mass is 232 g/mol. The van der Waals surface area contributed by atoms with Crippen LogP contribution in [0.25, 0.3) is 0 Å². The van der Waals surface area contributed by atoms with Crippen LogP contribution in [0.5, 0.6) is 0 Å². The minimum atomic E-state index is 0.310. The van der Waals surface area contributed by atoms with Gasteiger partial charge in [-0.2, -0.15) is 0 Å². The molecule has 3 fully saturated rings. The van der Waals surface area contributed by atoms with E-state index in [9.17, 15) is 4.79 Å². The summed E-state index contributed by atoms with van der Waals surface area (Å²) in [5.41, 5.74) is 0. The van der Waals surface area contributed by atoms with Crippen molar-refractivity contribution >= 4 is 5.91 Å². The third-order valence-corrected chi connectivity index (χ3v) is 5.32. The minimum absolute atomic E-state index is 0.310. The average Bonchev–Trinajstić information content (AvgIpc) is 3.07. The zero-order chi connectivity index (χ0) is 11.4. The van der Waals surface area contributed by atoms with Gasteiger partial charge in [0.2, 0.25) is 5.91 Å². The number of fused-ring (bicyclic) bond motifs is 3. The van der Waals surface area contributed by atoms with Crippen LogP contribution in [0.3, 0.4) is 0 Å². The lowest BCUT2D eigenvalue weighted by atomic mass is 9.92. The molecule has 4 aliphatic rings. The summed E-state index contributed by atoms with van der Waals surface area (Å²) in [5.74, 6) is 2.76. The van der Waals surface area contributed by atoms with E-state index in [0.717, 1.165) is 32.0 Å². The number of carbonyl (C=O) groups is 1. The molecule has 2 aliphatic heterocycles. The lowest BCUT2D eigenvalue weighted by Crippen LogP contribution is -2.43. The number of carbonyl (C=O) groups excluding carboxylic acids is 1. The van der Waals surface area contributed by atoms with Gasteiger partial charge in [0.1, 0.15) is 0 Å². The maximum atomic E-state index is 12.6. The number of likely N-dealkylation sites (tertiary alicyclic amines) is 1. The van der Waals surface area contributed by atoms with Crippen molar-refractivity contribution in [3.8, 4) is 0 Å². The molecule has 1 saturated carbocycles. The first-order valence-corrected chi connectivity index (χ1v) is 7.02. The van der Waals surface area contributed by atoms with Gasteiger partial charge < -0.3 is 10.2 Å². The zero-order valence-electron chi connectivity index (χ0n) is 10.1. The van der Waals surface area contributed by atoms with Gasteiger partial charge in [0.15, 0.2) is 0 Å². The van der Waals surface area contributed by atoms with E-state index < -0.39 is 0 Å². The Labute approximate surface area is 102 Å². The highest BCUT2D eigenvalue weighted by Crippen LogP contribution is 2.45. The van der Waals surface area contributed by atoms with E-state index in [2.05, 4.69) is 22.4 Å². The van der Waals surface area contributed by atoms with E-state index in [1.807, 2.05) is 0 Å². The Bertz CT molecular complexity index is 378. The molecule has 92 valence electrons. The van der Waals surface area contributed by atoms with Gasteiger partial charge in [0.05, 0.1) is 0 Å². The number of rotatable bonds is 1. The maximum absolute atomic E-state index is 12.6. The molecule has 2 saturated heterocycles. The van der Waals surface area contributed by atoms with Crippen LogP contribution in [0.15, 0.2) is 12.2 Å². The van der Waals surface area contributed by atoms with E-state index >= 15 is 0 Å². The molecule has 0 aromatic rings. The molecule has 2 bridgehead atoms. The zero-order valence-corrected chi connectivity index (χ0v) is 10.1. The number of nitrogens with one attached hydrogen (secondary N) is 1. The summed E-state index contributed by atoms with van der Waals surface area (Å²) in [6.45, 7) is 3.14. The lowest BCUT2D eigenvalue weighted by molar-refractivity contribution is -0.137. The summed E-state index contributed by atoms with van der Waals surface area (Å²) in [6, 6.07) is 0.505. The van der Waals surface area contributed by atoms with Gasteiger partial charge in [0.25, 0.3) is 0 Å². The standard InChI is InChI=1S/C14H20N2O/c17-14(12-6-9-1-2-10(12)5-9)16-4-3-11-7-15-8-13(11)16/h1-2,9-13,15H,3-8H2/t9?,10?,11-,12?,13+/m0/s1. The first kappa shape index (κ1) is 10.1. The fraction of sp³-hybridized carbons (Fsp3) is 0.786. The van der Waals surface area contributed by atoms with Crippen molar-refractivity contribution in [2.24, 2.45) is 23.7 Å². The van der Waals surface area contributed by atoms with E-state index in [0.29, 0.717) is 29.7 Å². The molecule has 5 atom stereocenters. The van der Waals surface area contributed by atoms with Gasteiger partial charge in [-0.05, 0) is 37.0 Å². The molecule has 4 rings (SSSR count). The Morgan fingerprint density at radius 1 is 1.24 bits per heavy atom. The van der Waals surface area contributed by atoms with Gasteiger partial charge in [-0.15, -0.1) is 0 Å². The van der Waals surface area contributed by atoms with Crippen LogP contribution in [0, 0.1) is 23.7 Å². The third kappa shape index (κ3) is 1.41. The highest BCUT2D eigenvalue weighted by molar-refractivity contribution is 5.81. The molecule has 3 nitrogen and oxygen atoms in total. The van der Waals surface area contributed by atoms with E-state index in [1.165, 1.54) is 12.8 Å². The van der Waals surface area contributed by atoms with Crippen molar-refractivity contribution in [2.45, 2.75) is 25.3 Å². The van der Waals surface area contributed by atoms with Gasteiger partial charge >= 0.3 is 0 Å². The minimum Gasteiger partial charge on any atom is -0.338 e. The molecule has 3 heteroatoms. The topological polar surface area (TPSA) is 32.3 Å². The number of nitrogens with zero attached hydrogens (tertiary/aromatic N) is 1. The Balaban J connectivity index is 1.52. The van der Waals surface area contributed by atoms with E-state index in [1.54, 1.807) is 0 Å². The first-order valence-electron chi connectivity index (χ1n) is 7.02. The molecule has 1 amide bonds. The van der Waals surface area contributed by atoms with Crippen molar-refractivity contribution in [1.82, 2.24) is 10.2 Å². The summed E-state index contributed by atoms with van der Waals surface area (Å²) in [4.78, 5) is 14.8. The Morgan fingerprint density at radius 3 is 2.94 bits per heavy atom. The number of allylic oxidation sites excluding steroid dienone is 2. The second-order valence-electron chi connectivity index (χ2n) is 6.19. The molecule has 2 aliphatic carbocycles. The van der Waals surface area contributed by atoms with Gasteiger partial charge in [-0.25, -0.2) is 0 Å². The molecule has 1 N–H and O–H groups in total. The summed E-state index contributed by atoms with van der Waals surface area (Å²) in [5, 5.41) is 3.43. The molecule has 2 heterocycles. The van der Waals surface area contributed by atoms with Crippen molar-refractivity contribution in [2.75, 3.05) is 19.6 Å². The fourth-order valence-electron chi connectivity index (χ4n) is 4.40. The maximum Gasteiger partial charge on any atom is 0.226 e. The van der Waals surface area contributed by atoms with Crippen LogP contribution < -0.4 is 5.32 Å². The summed E-state index contributed by atoms with van der Waals surface area (Å²) in [7, 11) is 0. The normalized spacial score (nSPS) is 46.8. The molecule has 0 spiro atoms. The van der Waals surface area contributed by atoms with Crippen molar-refractivity contribution in [3.63, 3.8) is 0 Å². The van der Waals surface area contributed by atoms with Crippen LogP contribution in [0.2, 0.25) is 0 Å². The summed E-state index contributed by atoms with van der Waals surface area (Å²) >= 11 is 0. The van der Waals surface area contributed by atoms with Crippen LogP contribution in [0.4, 0.5) is 0 Å². The molecule has 0 aromatic carbocycles. The fourth-order valence-corrected chi connectivity index (χ4v) is 4.40. The van der Waals surface area contributed by atoms with Crippen LogP contribution in [-0.4, -0.2) is 36.5 Å². The molecule has 17 heavy (non-hydrogen) atoms. The smallest absolute Gasteiger partial charge is 0.226 e. The van der Waals surface area contributed by atoms with E-state index in [4.69, 9.17) is 0 Å². The van der Waals surface area contributed by atoms with E-state index in [-0.39, 0.29) is 0 Å². The molecular formula is C14H20N2O. The van der Waals surface area contributed by atoms with Gasteiger partial charge in [-0.1, -0.05) is 12.2 Å². The number of amides is 1. The van der Waals surface area contributed by atoms with Crippen LogP contribution in [0.1, 0.15) is 19.3 Å².